The lowest BCUT2D eigenvalue weighted by Crippen LogP contribution is -2.15. The fourth-order valence-corrected chi connectivity index (χ4v) is 3.31. The highest BCUT2D eigenvalue weighted by Gasteiger charge is 2.16. The van der Waals surface area contributed by atoms with Crippen LogP contribution in [0.25, 0.3) is 11.4 Å². The monoisotopic (exact) mass is 434 g/mol. The van der Waals surface area contributed by atoms with E-state index in [2.05, 4.69) is 26.8 Å². The van der Waals surface area contributed by atoms with Crippen LogP contribution in [0.1, 0.15) is 0 Å². The Labute approximate surface area is 174 Å². The summed E-state index contributed by atoms with van der Waals surface area (Å²) in [5, 5.41) is 11.2. The van der Waals surface area contributed by atoms with E-state index >= 15 is 0 Å². The molecule has 1 heterocycles. The zero-order valence-electron chi connectivity index (χ0n) is 15.6. The van der Waals surface area contributed by atoms with E-state index < -0.39 is 18.3 Å². The van der Waals surface area contributed by atoms with Gasteiger partial charge >= 0.3 is 6.61 Å². The highest BCUT2D eigenvalue weighted by molar-refractivity contribution is 7.99. The molecule has 0 saturated heterocycles. The Kier molecular flexibility index (Phi) is 7.12. The Morgan fingerprint density at radius 3 is 2.60 bits per heavy atom. The van der Waals surface area contributed by atoms with Crippen molar-refractivity contribution in [2.24, 2.45) is 0 Å². The smallest absolute Gasteiger partial charge is 0.387 e. The van der Waals surface area contributed by atoms with Gasteiger partial charge in [-0.3, -0.25) is 9.36 Å². The van der Waals surface area contributed by atoms with E-state index in [4.69, 9.17) is 0 Å². The van der Waals surface area contributed by atoms with Crippen LogP contribution in [0.3, 0.4) is 0 Å². The number of benzene rings is 2. The van der Waals surface area contributed by atoms with Crippen molar-refractivity contribution >= 4 is 23.4 Å². The lowest BCUT2D eigenvalue weighted by atomic mass is 10.2. The van der Waals surface area contributed by atoms with Crippen molar-refractivity contribution in [2.75, 3.05) is 11.1 Å². The number of alkyl halides is 2. The summed E-state index contributed by atoms with van der Waals surface area (Å²) in [4.78, 5) is 12.2. The van der Waals surface area contributed by atoms with Gasteiger partial charge in [-0.1, -0.05) is 30.0 Å². The third-order valence-electron chi connectivity index (χ3n) is 3.85. The third-order valence-corrected chi connectivity index (χ3v) is 4.81. The second-order valence-electron chi connectivity index (χ2n) is 5.93. The van der Waals surface area contributed by atoms with Gasteiger partial charge in [-0.15, -0.1) is 16.8 Å². The van der Waals surface area contributed by atoms with Gasteiger partial charge in [0.1, 0.15) is 11.6 Å². The van der Waals surface area contributed by atoms with Gasteiger partial charge in [0.2, 0.25) is 5.91 Å². The van der Waals surface area contributed by atoms with E-state index in [1.54, 1.807) is 28.8 Å². The van der Waals surface area contributed by atoms with Crippen LogP contribution in [0.2, 0.25) is 0 Å². The van der Waals surface area contributed by atoms with Crippen LogP contribution in [-0.2, 0) is 11.3 Å². The Hall–Kier alpha value is -3.27. The number of hydrogen-bond donors (Lipinski definition) is 1. The molecule has 6 nitrogen and oxygen atoms in total. The van der Waals surface area contributed by atoms with Crippen molar-refractivity contribution < 1.29 is 22.7 Å². The van der Waals surface area contributed by atoms with Crippen molar-refractivity contribution in [2.45, 2.75) is 18.3 Å². The normalized spacial score (nSPS) is 10.8. The molecule has 1 aromatic heterocycles. The molecule has 10 heteroatoms. The highest BCUT2D eigenvalue weighted by Crippen LogP contribution is 2.26. The second-order valence-corrected chi connectivity index (χ2v) is 6.87. The van der Waals surface area contributed by atoms with E-state index in [9.17, 15) is 18.0 Å². The number of thioether (sulfide) groups is 1. The molecule has 0 aliphatic rings. The predicted octanol–water partition coefficient (Wildman–Crippen LogP) is 4.60. The van der Waals surface area contributed by atoms with Crippen molar-refractivity contribution in [3.05, 3.63) is 67.0 Å². The van der Waals surface area contributed by atoms with Gasteiger partial charge in [0.05, 0.1) is 11.4 Å². The molecule has 1 N–H and O–H groups in total. The van der Waals surface area contributed by atoms with Crippen molar-refractivity contribution in [1.29, 1.82) is 0 Å². The summed E-state index contributed by atoms with van der Waals surface area (Å²) in [6.45, 7) is 1.18. The number of anilines is 1. The number of rotatable bonds is 9. The molecule has 30 heavy (non-hydrogen) atoms. The first-order valence-corrected chi connectivity index (χ1v) is 9.73. The van der Waals surface area contributed by atoms with Crippen LogP contribution in [0.15, 0.2) is 66.3 Å². The molecule has 0 unspecified atom stereocenters. The number of ether oxygens (including phenoxy) is 1. The second kappa shape index (κ2) is 9.97. The zero-order chi connectivity index (χ0) is 21.5. The number of para-hydroxylation sites is 1. The van der Waals surface area contributed by atoms with Gasteiger partial charge in [0.15, 0.2) is 11.0 Å². The Balaban J connectivity index is 1.71. The SMILES string of the molecule is C=CCn1c(SCC(=O)Nc2ccccc2F)nnc1-c1ccc(OC(F)F)cc1. The molecule has 3 aromatic rings. The van der Waals surface area contributed by atoms with Crippen molar-refractivity contribution in [3.63, 3.8) is 0 Å². The first kappa shape index (κ1) is 21.4. The van der Waals surface area contributed by atoms with Crippen LogP contribution in [0, 0.1) is 5.82 Å². The lowest BCUT2D eigenvalue weighted by Gasteiger charge is -2.09. The maximum absolute atomic E-state index is 13.7. The molecule has 0 saturated carbocycles. The van der Waals surface area contributed by atoms with E-state index in [-0.39, 0.29) is 17.2 Å². The van der Waals surface area contributed by atoms with Crippen LogP contribution in [-0.4, -0.2) is 33.0 Å². The molecule has 1 amide bonds. The fourth-order valence-electron chi connectivity index (χ4n) is 2.57. The third kappa shape index (κ3) is 5.41. The number of amides is 1. The van der Waals surface area contributed by atoms with Gasteiger partial charge in [-0.2, -0.15) is 8.78 Å². The number of aromatic nitrogens is 3. The molecule has 0 aliphatic carbocycles. The van der Waals surface area contributed by atoms with Gasteiger partial charge in [-0.05, 0) is 36.4 Å². The predicted molar refractivity (Wildman–Crippen MR) is 108 cm³/mol. The summed E-state index contributed by atoms with van der Waals surface area (Å²) in [6.07, 6.45) is 1.64. The number of carbonyl (C=O) groups is 1. The molecule has 0 spiro atoms. The van der Waals surface area contributed by atoms with Crippen LogP contribution < -0.4 is 10.1 Å². The van der Waals surface area contributed by atoms with Crippen molar-refractivity contribution in [3.8, 4) is 17.1 Å². The number of carbonyl (C=O) groups excluding carboxylic acids is 1. The van der Waals surface area contributed by atoms with E-state index in [0.717, 1.165) is 11.8 Å². The summed E-state index contributed by atoms with van der Waals surface area (Å²) in [7, 11) is 0. The number of nitrogens with one attached hydrogen (secondary N) is 1. The first-order valence-electron chi connectivity index (χ1n) is 8.74. The molecule has 0 radical (unpaired) electrons. The van der Waals surface area contributed by atoms with Crippen LogP contribution in [0.5, 0.6) is 5.75 Å². The first-order chi connectivity index (χ1) is 14.5. The summed E-state index contributed by atoms with van der Waals surface area (Å²) in [5.41, 5.74) is 0.732. The molecule has 0 fully saturated rings. The number of allylic oxidation sites excluding steroid dienone is 1. The Morgan fingerprint density at radius 2 is 1.93 bits per heavy atom. The average molecular weight is 434 g/mol. The summed E-state index contributed by atoms with van der Waals surface area (Å²) in [6, 6.07) is 11.9. The number of hydrogen-bond acceptors (Lipinski definition) is 5. The molecule has 0 atom stereocenters. The summed E-state index contributed by atoms with van der Waals surface area (Å²) in [5.74, 6) is -0.413. The topological polar surface area (TPSA) is 69.0 Å². The van der Waals surface area contributed by atoms with Gasteiger partial charge in [0.25, 0.3) is 0 Å². The van der Waals surface area contributed by atoms with Gasteiger partial charge < -0.3 is 10.1 Å². The minimum atomic E-state index is -2.90. The standard InChI is InChI=1S/C20H17F3N4O2S/c1-2-11-27-18(13-7-9-14(10-8-13)29-19(22)23)25-26-20(27)30-12-17(28)24-16-6-4-3-5-15(16)21/h2-10,19H,1,11-12H2,(H,24,28). The maximum Gasteiger partial charge on any atom is 0.387 e. The number of halogens is 3. The van der Waals surface area contributed by atoms with Crippen LogP contribution >= 0.6 is 11.8 Å². The molecular formula is C20H17F3N4O2S. The molecule has 0 aliphatic heterocycles. The van der Waals surface area contributed by atoms with Gasteiger partial charge in [0, 0.05) is 12.1 Å². The molecule has 3 rings (SSSR count). The Morgan fingerprint density at radius 1 is 1.20 bits per heavy atom. The summed E-state index contributed by atoms with van der Waals surface area (Å²) < 4.78 is 44.3. The van der Waals surface area contributed by atoms with E-state index in [1.165, 1.54) is 30.3 Å². The molecule has 156 valence electrons. The molecular weight excluding hydrogens is 417 g/mol. The van der Waals surface area contributed by atoms with Crippen molar-refractivity contribution in [1.82, 2.24) is 14.8 Å². The molecule has 0 bridgehead atoms. The Bertz CT molecular complexity index is 1030. The van der Waals surface area contributed by atoms with E-state index in [0.29, 0.717) is 23.1 Å². The number of nitrogens with zero attached hydrogens (tertiary/aromatic N) is 3. The largest absolute Gasteiger partial charge is 0.435 e. The summed E-state index contributed by atoms with van der Waals surface area (Å²) >= 11 is 1.13. The minimum absolute atomic E-state index is 0.00915. The fraction of sp³-hybridized carbons (Fsp3) is 0.150. The average Bonchev–Trinajstić information content (AvgIpc) is 3.11. The highest BCUT2D eigenvalue weighted by atomic mass is 32.2. The lowest BCUT2D eigenvalue weighted by molar-refractivity contribution is -0.113. The maximum atomic E-state index is 13.7. The van der Waals surface area contributed by atoms with E-state index in [1.807, 2.05) is 0 Å². The minimum Gasteiger partial charge on any atom is -0.435 e. The molecule has 2 aromatic carbocycles. The zero-order valence-corrected chi connectivity index (χ0v) is 16.4. The van der Waals surface area contributed by atoms with Gasteiger partial charge in [-0.25, -0.2) is 4.39 Å². The quantitative estimate of drug-likeness (QED) is 0.394. The van der Waals surface area contributed by atoms with Crippen LogP contribution in [0.4, 0.5) is 18.9 Å².